The van der Waals surface area contributed by atoms with Gasteiger partial charge in [0.15, 0.2) is 0 Å². The van der Waals surface area contributed by atoms with Crippen LogP contribution in [-0.4, -0.2) is 39.9 Å². The van der Waals surface area contributed by atoms with Gasteiger partial charge in [-0.05, 0) is 12.1 Å². The van der Waals surface area contributed by atoms with Gasteiger partial charge in [-0.15, -0.1) is 0 Å². The molecule has 0 aliphatic carbocycles. The second-order valence-corrected chi connectivity index (χ2v) is 6.29. The highest BCUT2D eigenvalue weighted by Crippen LogP contribution is 2.24. The minimum atomic E-state index is -0.0462. The zero-order chi connectivity index (χ0) is 18.7. The third-order valence-corrected chi connectivity index (χ3v) is 4.74. The molecule has 2 aromatic rings. The number of nitrogens with one attached hydrogen (secondary N) is 1. The maximum Gasteiger partial charge on any atom is 0.257 e. The van der Waals surface area contributed by atoms with Gasteiger partial charge in [0.2, 0.25) is 5.91 Å². The highest BCUT2D eigenvalue weighted by molar-refractivity contribution is 5.97. The molecule has 0 unspecified atom stereocenters. The Morgan fingerprint density at radius 1 is 1.31 bits per heavy atom. The Hall–Kier alpha value is -2.83. The van der Waals surface area contributed by atoms with Crippen LogP contribution in [0.5, 0.6) is 5.75 Å². The maximum atomic E-state index is 12.9. The number of benzene rings is 1. The third-order valence-electron chi connectivity index (χ3n) is 4.74. The molecule has 1 aromatic carbocycles. The first-order chi connectivity index (χ1) is 12.5. The molecule has 0 bridgehead atoms. The van der Waals surface area contributed by atoms with E-state index in [1.54, 1.807) is 19.2 Å². The fraction of sp³-hybridized carbons (Fsp3) is 0.421. The Labute approximate surface area is 153 Å². The van der Waals surface area contributed by atoms with E-state index in [-0.39, 0.29) is 11.8 Å². The Balaban J connectivity index is 1.78. The number of hydrogen-bond donors (Lipinski definition) is 1. The van der Waals surface area contributed by atoms with Crippen LogP contribution in [0.3, 0.4) is 0 Å². The smallest absolute Gasteiger partial charge is 0.257 e. The zero-order valence-electron chi connectivity index (χ0n) is 15.4. The quantitative estimate of drug-likeness (QED) is 0.884. The number of carbonyl (C=O) groups is 2. The Morgan fingerprint density at radius 3 is 2.81 bits per heavy atom. The van der Waals surface area contributed by atoms with Crippen molar-refractivity contribution in [1.82, 2.24) is 19.8 Å². The lowest BCUT2D eigenvalue weighted by Gasteiger charge is -2.27. The van der Waals surface area contributed by atoms with Crippen LogP contribution in [0.2, 0.25) is 0 Å². The topological polar surface area (TPSA) is 76.5 Å². The molecule has 2 amide bonds. The van der Waals surface area contributed by atoms with Crippen molar-refractivity contribution in [2.75, 3.05) is 13.7 Å². The van der Waals surface area contributed by atoms with Gasteiger partial charge in [0, 0.05) is 26.4 Å². The van der Waals surface area contributed by atoms with Gasteiger partial charge in [0.1, 0.15) is 11.6 Å². The van der Waals surface area contributed by atoms with Gasteiger partial charge in [0.05, 0.1) is 37.2 Å². The van der Waals surface area contributed by atoms with E-state index in [0.717, 1.165) is 17.2 Å². The molecule has 1 aliphatic heterocycles. The SMILES string of the molecule is CCC(=O)NCc1nc2c(n1C)CN(C(=O)c1ccccc1OC)CC2. The molecule has 0 atom stereocenters. The first kappa shape index (κ1) is 18.0. The summed E-state index contributed by atoms with van der Waals surface area (Å²) in [5.74, 6) is 1.34. The summed E-state index contributed by atoms with van der Waals surface area (Å²) < 4.78 is 7.29. The molecule has 7 nitrogen and oxygen atoms in total. The number of imidazole rings is 1. The first-order valence-electron chi connectivity index (χ1n) is 8.77. The summed E-state index contributed by atoms with van der Waals surface area (Å²) in [5.41, 5.74) is 2.58. The first-order valence-corrected chi connectivity index (χ1v) is 8.77. The van der Waals surface area contributed by atoms with Crippen LogP contribution in [0.25, 0.3) is 0 Å². The van der Waals surface area contributed by atoms with Gasteiger partial charge < -0.3 is 19.5 Å². The van der Waals surface area contributed by atoms with Crippen LogP contribution in [-0.2, 0) is 31.4 Å². The van der Waals surface area contributed by atoms with E-state index in [0.29, 0.717) is 43.8 Å². The largest absolute Gasteiger partial charge is 0.496 e. The molecule has 3 rings (SSSR count). The van der Waals surface area contributed by atoms with Crippen molar-refractivity contribution in [3.63, 3.8) is 0 Å². The Morgan fingerprint density at radius 2 is 2.08 bits per heavy atom. The lowest BCUT2D eigenvalue weighted by Crippen LogP contribution is -2.36. The van der Waals surface area contributed by atoms with Gasteiger partial charge in [-0.3, -0.25) is 9.59 Å². The minimum Gasteiger partial charge on any atom is -0.496 e. The molecule has 0 fully saturated rings. The summed E-state index contributed by atoms with van der Waals surface area (Å²) in [5, 5.41) is 2.85. The van der Waals surface area contributed by atoms with Crippen LogP contribution in [0.1, 0.15) is 40.9 Å². The van der Waals surface area contributed by atoms with Gasteiger partial charge in [-0.1, -0.05) is 19.1 Å². The van der Waals surface area contributed by atoms with Gasteiger partial charge in [-0.25, -0.2) is 4.98 Å². The molecule has 0 saturated heterocycles. The third kappa shape index (κ3) is 3.42. The van der Waals surface area contributed by atoms with E-state index in [2.05, 4.69) is 10.3 Å². The lowest BCUT2D eigenvalue weighted by atomic mass is 10.1. The highest BCUT2D eigenvalue weighted by Gasteiger charge is 2.27. The maximum absolute atomic E-state index is 12.9. The summed E-state index contributed by atoms with van der Waals surface area (Å²) in [7, 11) is 3.49. The van der Waals surface area contributed by atoms with E-state index >= 15 is 0 Å². The van der Waals surface area contributed by atoms with Crippen molar-refractivity contribution in [3.8, 4) is 5.75 Å². The van der Waals surface area contributed by atoms with Crippen LogP contribution < -0.4 is 10.1 Å². The van der Waals surface area contributed by atoms with Gasteiger partial charge in [0.25, 0.3) is 5.91 Å². The molecule has 1 aromatic heterocycles. The summed E-state index contributed by atoms with van der Waals surface area (Å²) in [6, 6.07) is 7.26. The number of rotatable bonds is 5. The number of aromatic nitrogens is 2. The van der Waals surface area contributed by atoms with Crippen LogP contribution in [0.4, 0.5) is 0 Å². The van der Waals surface area contributed by atoms with E-state index in [1.807, 2.05) is 35.6 Å². The number of methoxy groups -OCH3 is 1. The molecule has 1 N–H and O–H groups in total. The van der Waals surface area contributed by atoms with Gasteiger partial charge in [-0.2, -0.15) is 0 Å². The molecular formula is C19H24N4O3. The average molecular weight is 356 g/mol. The predicted molar refractivity (Wildman–Crippen MR) is 96.8 cm³/mol. The van der Waals surface area contributed by atoms with Crippen molar-refractivity contribution in [3.05, 3.63) is 47.0 Å². The van der Waals surface area contributed by atoms with E-state index in [4.69, 9.17) is 4.74 Å². The number of amides is 2. The molecule has 26 heavy (non-hydrogen) atoms. The highest BCUT2D eigenvalue weighted by atomic mass is 16.5. The molecule has 1 aliphatic rings. The van der Waals surface area contributed by atoms with E-state index < -0.39 is 0 Å². The zero-order valence-corrected chi connectivity index (χ0v) is 15.4. The summed E-state index contributed by atoms with van der Waals surface area (Å²) >= 11 is 0. The monoisotopic (exact) mass is 356 g/mol. The number of fused-ring (bicyclic) bond motifs is 1. The minimum absolute atomic E-state index is 0.000973. The summed E-state index contributed by atoms with van der Waals surface area (Å²) in [6.45, 7) is 3.33. The standard InChI is InChI=1S/C19H24N4O3/c1-4-18(24)20-11-17-21-14-9-10-23(12-15(14)22(17)2)19(25)13-7-5-6-8-16(13)26-3/h5-8H,4,9-12H2,1-3H3,(H,20,24). The van der Waals surface area contributed by atoms with Crippen molar-refractivity contribution in [1.29, 1.82) is 0 Å². The van der Waals surface area contributed by atoms with Crippen LogP contribution in [0.15, 0.2) is 24.3 Å². The van der Waals surface area contributed by atoms with Crippen molar-refractivity contribution in [2.24, 2.45) is 7.05 Å². The Kier molecular flexibility index (Phi) is 5.25. The summed E-state index contributed by atoms with van der Waals surface area (Å²) in [4.78, 5) is 30.9. The number of hydrogen-bond acceptors (Lipinski definition) is 4. The van der Waals surface area contributed by atoms with Crippen LogP contribution >= 0.6 is 0 Å². The lowest BCUT2D eigenvalue weighted by molar-refractivity contribution is -0.120. The van der Waals surface area contributed by atoms with Gasteiger partial charge >= 0.3 is 0 Å². The second kappa shape index (κ2) is 7.59. The fourth-order valence-electron chi connectivity index (χ4n) is 3.17. The summed E-state index contributed by atoms with van der Waals surface area (Å²) in [6.07, 6.45) is 1.15. The van der Waals surface area contributed by atoms with Crippen molar-refractivity contribution >= 4 is 11.8 Å². The average Bonchev–Trinajstić information content (AvgIpc) is 3.00. The molecule has 0 radical (unpaired) electrons. The van der Waals surface area contributed by atoms with Crippen molar-refractivity contribution < 1.29 is 14.3 Å². The normalized spacial score (nSPS) is 13.3. The number of ether oxygens (including phenoxy) is 1. The second-order valence-electron chi connectivity index (χ2n) is 6.29. The molecule has 7 heteroatoms. The molecule has 138 valence electrons. The predicted octanol–water partition coefficient (Wildman–Crippen LogP) is 1.65. The number of nitrogens with zero attached hydrogens (tertiary/aromatic N) is 3. The van der Waals surface area contributed by atoms with Crippen molar-refractivity contribution in [2.45, 2.75) is 32.9 Å². The van der Waals surface area contributed by atoms with E-state index in [9.17, 15) is 9.59 Å². The van der Waals surface area contributed by atoms with Crippen LogP contribution in [0, 0.1) is 0 Å². The number of para-hydroxylation sites is 1. The Bertz CT molecular complexity index is 828. The molecule has 0 spiro atoms. The molecule has 2 heterocycles. The molecule has 0 saturated carbocycles. The number of carbonyl (C=O) groups excluding carboxylic acids is 2. The molecular weight excluding hydrogens is 332 g/mol. The van der Waals surface area contributed by atoms with E-state index in [1.165, 1.54) is 0 Å². The fourth-order valence-corrected chi connectivity index (χ4v) is 3.17.